The van der Waals surface area contributed by atoms with Crippen molar-refractivity contribution >= 4 is 17.6 Å². The Bertz CT molecular complexity index is 585. The predicted octanol–water partition coefficient (Wildman–Crippen LogP) is 2.71. The summed E-state index contributed by atoms with van der Waals surface area (Å²) in [6.45, 7) is 1.88. The predicted molar refractivity (Wildman–Crippen MR) is 60.7 cm³/mol. The molecular weight excluding hydrogens is 263 g/mol. The average molecular weight is 271 g/mol. The Morgan fingerprint density at radius 3 is 3.00 bits per heavy atom. The summed E-state index contributed by atoms with van der Waals surface area (Å²) < 4.78 is 22.6. The molecule has 1 aromatic carbocycles. The second-order valence-corrected chi connectivity index (χ2v) is 3.68. The van der Waals surface area contributed by atoms with E-state index in [0.717, 1.165) is 0 Å². The molecule has 0 bridgehead atoms. The standard InChI is InChI=1S/C11H8ClFN2O3/c1-2-17-11(16)9-14-10(18-15-9)6-3-4-8(13)7(12)5-6/h3-5H,2H2,1H3. The first-order valence-electron chi connectivity index (χ1n) is 5.08. The summed E-state index contributed by atoms with van der Waals surface area (Å²) in [6, 6.07) is 3.93. The lowest BCUT2D eigenvalue weighted by Crippen LogP contribution is -2.06. The third-order valence-corrected chi connectivity index (χ3v) is 2.34. The van der Waals surface area contributed by atoms with Crippen LogP contribution in [-0.2, 0) is 4.74 Å². The molecule has 0 radical (unpaired) electrons. The van der Waals surface area contributed by atoms with Gasteiger partial charge in [0.15, 0.2) is 0 Å². The number of aromatic nitrogens is 2. The number of carbonyl (C=O) groups excluding carboxylic acids is 1. The molecule has 0 amide bonds. The molecule has 94 valence electrons. The lowest BCUT2D eigenvalue weighted by molar-refractivity contribution is 0.0508. The van der Waals surface area contributed by atoms with Crippen molar-refractivity contribution < 1.29 is 18.4 Å². The van der Waals surface area contributed by atoms with Gasteiger partial charge in [-0.25, -0.2) is 9.18 Å². The summed E-state index contributed by atoms with van der Waals surface area (Å²) in [6.07, 6.45) is 0. The molecule has 0 spiro atoms. The van der Waals surface area contributed by atoms with Crippen molar-refractivity contribution in [2.24, 2.45) is 0 Å². The van der Waals surface area contributed by atoms with Crippen molar-refractivity contribution in [3.63, 3.8) is 0 Å². The Morgan fingerprint density at radius 2 is 2.33 bits per heavy atom. The van der Waals surface area contributed by atoms with Crippen LogP contribution in [0.2, 0.25) is 5.02 Å². The van der Waals surface area contributed by atoms with E-state index in [1.807, 2.05) is 0 Å². The Morgan fingerprint density at radius 1 is 1.56 bits per heavy atom. The van der Waals surface area contributed by atoms with Crippen LogP contribution in [0.3, 0.4) is 0 Å². The molecule has 0 fully saturated rings. The molecule has 18 heavy (non-hydrogen) atoms. The first-order chi connectivity index (χ1) is 8.61. The number of halogens is 2. The number of esters is 1. The molecule has 0 aliphatic carbocycles. The van der Waals surface area contributed by atoms with Gasteiger partial charge in [-0.05, 0) is 30.3 Å². The van der Waals surface area contributed by atoms with Crippen molar-refractivity contribution in [3.8, 4) is 11.5 Å². The molecule has 0 atom stereocenters. The molecule has 0 aliphatic rings. The van der Waals surface area contributed by atoms with Crippen LogP contribution >= 0.6 is 11.6 Å². The second kappa shape index (κ2) is 5.14. The van der Waals surface area contributed by atoms with Gasteiger partial charge >= 0.3 is 5.97 Å². The fourth-order valence-corrected chi connectivity index (χ4v) is 1.43. The highest BCUT2D eigenvalue weighted by atomic mass is 35.5. The van der Waals surface area contributed by atoms with Gasteiger partial charge in [0.1, 0.15) is 5.82 Å². The van der Waals surface area contributed by atoms with Crippen LogP contribution in [0.5, 0.6) is 0 Å². The van der Waals surface area contributed by atoms with Crippen molar-refractivity contribution in [2.75, 3.05) is 6.61 Å². The fourth-order valence-electron chi connectivity index (χ4n) is 1.25. The molecule has 0 aliphatic heterocycles. The minimum absolute atomic E-state index is 0.0663. The maximum Gasteiger partial charge on any atom is 0.379 e. The second-order valence-electron chi connectivity index (χ2n) is 3.27. The van der Waals surface area contributed by atoms with Crippen LogP contribution in [0, 0.1) is 5.82 Å². The van der Waals surface area contributed by atoms with Gasteiger partial charge < -0.3 is 9.26 Å². The van der Waals surface area contributed by atoms with E-state index in [4.69, 9.17) is 20.9 Å². The van der Waals surface area contributed by atoms with E-state index >= 15 is 0 Å². The Balaban J connectivity index is 2.29. The van der Waals surface area contributed by atoms with Gasteiger partial charge in [-0.2, -0.15) is 4.98 Å². The lowest BCUT2D eigenvalue weighted by Gasteiger charge is -1.96. The summed E-state index contributed by atoms with van der Waals surface area (Å²) in [5, 5.41) is 3.40. The number of hydrogen-bond donors (Lipinski definition) is 0. The molecule has 2 aromatic rings. The number of hydrogen-bond acceptors (Lipinski definition) is 5. The van der Waals surface area contributed by atoms with Crippen LogP contribution in [0.1, 0.15) is 17.5 Å². The van der Waals surface area contributed by atoms with Gasteiger partial charge in [-0.3, -0.25) is 0 Å². The first-order valence-corrected chi connectivity index (χ1v) is 5.46. The number of rotatable bonds is 3. The van der Waals surface area contributed by atoms with Crippen LogP contribution < -0.4 is 0 Å². The van der Waals surface area contributed by atoms with Crippen molar-refractivity contribution in [1.82, 2.24) is 10.1 Å². The van der Waals surface area contributed by atoms with E-state index in [9.17, 15) is 9.18 Å². The largest absolute Gasteiger partial charge is 0.460 e. The Kier molecular flexibility index (Phi) is 3.57. The van der Waals surface area contributed by atoms with Crippen LogP contribution in [0.15, 0.2) is 22.7 Å². The highest BCUT2D eigenvalue weighted by Gasteiger charge is 2.17. The number of carbonyl (C=O) groups is 1. The van der Waals surface area contributed by atoms with Crippen LogP contribution in [-0.4, -0.2) is 22.7 Å². The third-order valence-electron chi connectivity index (χ3n) is 2.05. The third kappa shape index (κ3) is 2.48. The number of ether oxygens (including phenoxy) is 1. The zero-order valence-corrected chi connectivity index (χ0v) is 10.1. The van der Waals surface area contributed by atoms with E-state index in [1.54, 1.807) is 6.92 Å². The zero-order valence-electron chi connectivity index (χ0n) is 9.31. The van der Waals surface area contributed by atoms with Gasteiger partial charge in [-0.1, -0.05) is 11.6 Å². The molecule has 5 nitrogen and oxygen atoms in total. The quantitative estimate of drug-likeness (QED) is 0.802. The monoisotopic (exact) mass is 270 g/mol. The van der Waals surface area contributed by atoms with E-state index < -0.39 is 11.8 Å². The smallest absolute Gasteiger partial charge is 0.379 e. The van der Waals surface area contributed by atoms with E-state index in [1.165, 1.54) is 18.2 Å². The van der Waals surface area contributed by atoms with Crippen molar-refractivity contribution in [2.45, 2.75) is 6.92 Å². The summed E-state index contributed by atoms with van der Waals surface area (Å²) in [7, 11) is 0. The molecular formula is C11H8ClFN2O3. The SMILES string of the molecule is CCOC(=O)c1noc(-c2ccc(F)c(Cl)c2)n1. The topological polar surface area (TPSA) is 65.2 Å². The first kappa shape index (κ1) is 12.5. The summed E-state index contributed by atoms with van der Waals surface area (Å²) in [5.41, 5.74) is 0.421. The fraction of sp³-hybridized carbons (Fsp3) is 0.182. The molecule has 1 aromatic heterocycles. The zero-order chi connectivity index (χ0) is 13.1. The van der Waals surface area contributed by atoms with Gasteiger partial charge in [0, 0.05) is 5.56 Å². The maximum absolute atomic E-state index is 13.0. The molecule has 0 saturated heterocycles. The molecule has 1 heterocycles. The average Bonchev–Trinajstić information content (AvgIpc) is 2.82. The van der Waals surface area contributed by atoms with Crippen molar-refractivity contribution in [1.29, 1.82) is 0 Å². The normalized spacial score (nSPS) is 10.4. The minimum Gasteiger partial charge on any atom is -0.460 e. The van der Waals surface area contributed by atoms with Gasteiger partial charge in [0.05, 0.1) is 11.6 Å². The summed E-state index contributed by atoms with van der Waals surface area (Å²) in [4.78, 5) is 15.2. The maximum atomic E-state index is 13.0. The van der Waals surface area contributed by atoms with E-state index in [2.05, 4.69) is 10.1 Å². The lowest BCUT2D eigenvalue weighted by atomic mass is 10.2. The van der Waals surface area contributed by atoms with Crippen LogP contribution in [0.25, 0.3) is 11.5 Å². The molecule has 0 N–H and O–H groups in total. The Hall–Kier alpha value is -1.95. The highest BCUT2D eigenvalue weighted by molar-refractivity contribution is 6.31. The number of nitrogens with zero attached hydrogens (tertiary/aromatic N) is 2. The number of benzene rings is 1. The molecule has 0 unspecified atom stereocenters. The van der Waals surface area contributed by atoms with E-state index in [-0.39, 0.29) is 23.3 Å². The van der Waals surface area contributed by atoms with Gasteiger partial charge in [0.2, 0.25) is 0 Å². The summed E-state index contributed by atoms with van der Waals surface area (Å²) in [5.74, 6) is -1.35. The minimum atomic E-state index is -0.680. The highest BCUT2D eigenvalue weighted by Crippen LogP contribution is 2.23. The van der Waals surface area contributed by atoms with Crippen molar-refractivity contribution in [3.05, 3.63) is 34.9 Å². The van der Waals surface area contributed by atoms with Crippen LogP contribution in [0.4, 0.5) is 4.39 Å². The van der Waals surface area contributed by atoms with Gasteiger partial charge in [-0.15, -0.1) is 0 Å². The van der Waals surface area contributed by atoms with E-state index in [0.29, 0.717) is 5.56 Å². The van der Waals surface area contributed by atoms with Gasteiger partial charge in [0.25, 0.3) is 11.7 Å². The molecule has 0 saturated carbocycles. The molecule has 2 rings (SSSR count). The summed E-state index contributed by atoms with van der Waals surface area (Å²) >= 11 is 5.63. The molecule has 7 heteroatoms. The Labute approximate surface area is 107 Å².